The minimum atomic E-state index is -0.909. The molecule has 0 aliphatic rings. The van der Waals surface area contributed by atoms with Gasteiger partial charge in [-0.3, -0.25) is 9.59 Å². The van der Waals surface area contributed by atoms with Crippen molar-refractivity contribution in [2.75, 3.05) is 7.11 Å². The SMILES string of the molecule is CCCCCCCCCCC[C@@H](O)CC(=O)O.CCCCCCCCCCC[C@@H](O)CC(=O)OC. The first-order chi connectivity index (χ1) is 16.9. The maximum absolute atomic E-state index is 10.9. The fourth-order valence-electron chi connectivity index (χ4n) is 4.06. The van der Waals surface area contributed by atoms with E-state index in [2.05, 4.69) is 18.6 Å². The van der Waals surface area contributed by atoms with Gasteiger partial charge in [0.2, 0.25) is 0 Å². The third-order valence-corrected chi connectivity index (χ3v) is 6.32. The summed E-state index contributed by atoms with van der Waals surface area (Å²) in [5, 5.41) is 27.4. The molecule has 6 nitrogen and oxygen atoms in total. The fourth-order valence-corrected chi connectivity index (χ4v) is 4.06. The lowest BCUT2D eigenvalue weighted by atomic mass is 10.0. The predicted molar refractivity (Wildman–Crippen MR) is 145 cm³/mol. The van der Waals surface area contributed by atoms with E-state index in [1.54, 1.807) is 0 Å². The van der Waals surface area contributed by atoms with Gasteiger partial charge in [0.25, 0.3) is 0 Å². The number of methoxy groups -OCH3 is 1. The molecule has 0 bridgehead atoms. The highest BCUT2D eigenvalue weighted by Crippen LogP contribution is 2.13. The number of rotatable bonds is 24. The maximum Gasteiger partial charge on any atom is 0.308 e. The van der Waals surface area contributed by atoms with Crippen LogP contribution in [0.1, 0.15) is 155 Å². The number of carboxylic acid groups (broad SMARTS) is 1. The minimum absolute atomic E-state index is 0.114. The summed E-state index contributed by atoms with van der Waals surface area (Å²) in [6.45, 7) is 4.46. The van der Waals surface area contributed by atoms with Gasteiger partial charge in [-0.05, 0) is 12.8 Å². The van der Waals surface area contributed by atoms with Gasteiger partial charge in [0, 0.05) is 0 Å². The van der Waals surface area contributed by atoms with Crippen molar-refractivity contribution in [1.29, 1.82) is 0 Å². The van der Waals surface area contributed by atoms with E-state index in [9.17, 15) is 19.8 Å². The number of aliphatic carboxylic acids is 1. The number of carbonyl (C=O) groups excluding carboxylic acids is 1. The average molecular weight is 503 g/mol. The Balaban J connectivity index is 0. The number of aliphatic hydroxyl groups excluding tert-OH is 2. The molecule has 0 fully saturated rings. The number of carboxylic acids is 1. The molecule has 0 saturated carbocycles. The molecule has 0 aliphatic heterocycles. The van der Waals surface area contributed by atoms with Crippen molar-refractivity contribution in [3.8, 4) is 0 Å². The van der Waals surface area contributed by atoms with Gasteiger partial charge >= 0.3 is 11.9 Å². The quantitative estimate of drug-likeness (QED) is 0.0928. The Kier molecular flexibility index (Phi) is 29.9. The third kappa shape index (κ3) is 32.9. The summed E-state index contributed by atoms with van der Waals surface area (Å²) in [6.07, 6.45) is 22.8. The molecule has 0 aromatic carbocycles. The van der Waals surface area contributed by atoms with Crippen molar-refractivity contribution < 1.29 is 29.6 Å². The average Bonchev–Trinajstić information content (AvgIpc) is 2.81. The predicted octanol–water partition coefficient (Wildman–Crippen LogP) is 7.57. The Morgan fingerprint density at radius 3 is 1.20 bits per heavy atom. The van der Waals surface area contributed by atoms with Crippen LogP contribution in [-0.4, -0.2) is 46.6 Å². The van der Waals surface area contributed by atoms with Gasteiger partial charge in [-0.2, -0.15) is 0 Å². The molecule has 210 valence electrons. The number of esters is 1. The third-order valence-electron chi connectivity index (χ3n) is 6.32. The highest BCUT2D eigenvalue weighted by molar-refractivity contribution is 5.69. The van der Waals surface area contributed by atoms with Crippen molar-refractivity contribution in [3.63, 3.8) is 0 Å². The van der Waals surface area contributed by atoms with Crippen molar-refractivity contribution >= 4 is 11.9 Å². The molecular weight excluding hydrogens is 444 g/mol. The zero-order valence-corrected chi connectivity index (χ0v) is 23.3. The lowest BCUT2D eigenvalue weighted by molar-refractivity contribution is -0.143. The number of carbonyl (C=O) groups is 2. The number of hydrogen-bond acceptors (Lipinski definition) is 5. The molecule has 0 unspecified atom stereocenters. The molecule has 0 heterocycles. The second-order valence-electron chi connectivity index (χ2n) is 9.92. The van der Waals surface area contributed by atoms with E-state index in [0.717, 1.165) is 25.7 Å². The van der Waals surface area contributed by atoms with E-state index < -0.39 is 18.2 Å². The van der Waals surface area contributed by atoms with E-state index in [4.69, 9.17) is 5.11 Å². The van der Waals surface area contributed by atoms with Crippen molar-refractivity contribution in [2.24, 2.45) is 0 Å². The van der Waals surface area contributed by atoms with Gasteiger partial charge in [0.15, 0.2) is 0 Å². The standard InChI is InChI=1S/C15H30O3.C14H28O3/c1-3-4-5-6-7-8-9-10-11-12-14(16)13-15(17)18-2;1-2-3-4-5-6-7-8-9-10-11-13(15)12-14(16)17/h14,16H,3-13H2,1-2H3;13,15H,2-12H2,1H3,(H,16,17)/t14-;13-/m11/s1. The summed E-state index contributed by atoms with van der Waals surface area (Å²) < 4.78 is 4.51. The van der Waals surface area contributed by atoms with Crippen molar-refractivity contribution in [2.45, 2.75) is 167 Å². The van der Waals surface area contributed by atoms with Crippen molar-refractivity contribution in [1.82, 2.24) is 0 Å². The summed E-state index contributed by atoms with van der Waals surface area (Å²) in [4.78, 5) is 21.2. The van der Waals surface area contributed by atoms with Gasteiger partial charge in [-0.1, -0.05) is 129 Å². The molecule has 0 spiro atoms. The van der Waals surface area contributed by atoms with E-state index in [1.165, 1.54) is 97.0 Å². The molecule has 0 aromatic rings. The second-order valence-corrected chi connectivity index (χ2v) is 9.92. The van der Waals surface area contributed by atoms with E-state index in [-0.39, 0.29) is 18.8 Å². The molecule has 2 atom stereocenters. The van der Waals surface area contributed by atoms with Gasteiger partial charge in [-0.15, -0.1) is 0 Å². The highest BCUT2D eigenvalue weighted by atomic mass is 16.5. The van der Waals surface area contributed by atoms with Crippen LogP contribution in [0.15, 0.2) is 0 Å². The van der Waals surface area contributed by atoms with Crippen LogP contribution < -0.4 is 0 Å². The molecule has 6 heteroatoms. The van der Waals surface area contributed by atoms with Crippen molar-refractivity contribution in [3.05, 3.63) is 0 Å². The summed E-state index contributed by atoms with van der Waals surface area (Å²) in [5.74, 6) is -1.23. The molecule has 0 amide bonds. The highest BCUT2D eigenvalue weighted by Gasteiger charge is 2.10. The van der Waals surface area contributed by atoms with Crippen LogP contribution in [0.4, 0.5) is 0 Å². The molecule has 0 aliphatic carbocycles. The fraction of sp³-hybridized carbons (Fsp3) is 0.931. The number of aliphatic hydroxyl groups is 2. The summed E-state index contributed by atoms with van der Waals surface area (Å²) >= 11 is 0. The largest absolute Gasteiger partial charge is 0.481 e. The zero-order valence-electron chi connectivity index (χ0n) is 23.3. The van der Waals surface area contributed by atoms with E-state index in [1.807, 2.05) is 0 Å². The zero-order chi connectivity index (χ0) is 26.6. The van der Waals surface area contributed by atoms with E-state index in [0.29, 0.717) is 12.8 Å². The number of ether oxygens (including phenoxy) is 1. The number of unbranched alkanes of at least 4 members (excludes halogenated alkanes) is 16. The van der Waals surface area contributed by atoms with Crippen LogP contribution in [0.2, 0.25) is 0 Å². The molecule has 0 rings (SSSR count). The molecule has 0 radical (unpaired) electrons. The van der Waals surface area contributed by atoms with E-state index >= 15 is 0 Å². The maximum atomic E-state index is 10.9. The molecule has 0 saturated heterocycles. The van der Waals surface area contributed by atoms with Gasteiger partial charge in [0.1, 0.15) is 0 Å². The first-order valence-corrected chi connectivity index (χ1v) is 14.5. The normalized spacial score (nSPS) is 12.5. The summed E-state index contributed by atoms with van der Waals surface area (Å²) in [5.41, 5.74) is 0. The first-order valence-electron chi connectivity index (χ1n) is 14.5. The van der Waals surface area contributed by atoms with Crippen LogP contribution in [-0.2, 0) is 14.3 Å². The van der Waals surface area contributed by atoms with Crippen LogP contribution in [0, 0.1) is 0 Å². The Labute approximate surface area is 216 Å². The Hall–Kier alpha value is -1.14. The van der Waals surface area contributed by atoms with Gasteiger partial charge < -0.3 is 20.1 Å². The Bertz CT molecular complexity index is 454. The summed E-state index contributed by atoms with van der Waals surface area (Å²) in [7, 11) is 1.35. The van der Waals surface area contributed by atoms with Crippen LogP contribution >= 0.6 is 0 Å². The lowest BCUT2D eigenvalue weighted by Crippen LogP contribution is -2.14. The molecule has 35 heavy (non-hydrogen) atoms. The minimum Gasteiger partial charge on any atom is -0.481 e. The van der Waals surface area contributed by atoms with Crippen LogP contribution in [0.5, 0.6) is 0 Å². The monoisotopic (exact) mass is 502 g/mol. The topological polar surface area (TPSA) is 104 Å². The van der Waals surface area contributed by atoms with Gasteiger partial charge in [0.05, 0.1) is 32.2 Å². The Morgan fingerprint density at radius 2 is 0.886 bits per heavy atom. The summed E-state index contributed by atoms with van der Waals surface area (Å²) in [6, 6.07) is 0. The smallest absolute Gasteiger partial charge is 0.308 e. The number of hydrogen-bond donors (Lipinski definition) is 3. The van der Waals surface area contributed by atoms with Crippen LogP contribution in [0.25, 0.3) is 0 Å². The molecule has 0 aromatic heterocycles. The first kappa shape index (κ1) is 36.0. The second kappa shape index (κ2) is 29.1. The lowest BCUT2D eigenvalue weighted by Gasteiger charge is -2.08. The van der Waals surface area contributed by atoms with Crippen LogP contribution in [0.3, 0.4) is 0 Å². The van der Waals surface area contributed by atoms with Gasteiger partial charge in [-0.25, -0.2) is 0 Å². The Morgan fingerprint density at radius 1 is 0.571 bits per heavy atom. The molecular formula is C29H58O6. The molecule has 3 N–H and O–H groups in total.